The number of nitrogens with zero attached hydrogens (tertiary/aromatic N) is 1. The van der Waals surface area contributed by atoms with E-state index in [1.165, 1.54) is 0 Å². The van der Waals surface area contributed by atoms with Crippen LogP contribution >= 0.6 is 0 Å². The summed E-state index contributed by atoms with van der Waals surface area (Å²) in [4.78, 5) is 14.5. The highest BCUT2D eigenvalue weighted by Crippen LogP contribution is 2.23. The Morgan fingerprint density at radius 1 is 1.03 bits per heavy atom. The average Bonchev–Trinajstić information content (AvgIpc) is 3.21. The van der Waals surface area contributed by atoms with Crippen LogP contribution < -0.4 is 4.72 Å². The first-order valence-electron chi connectivity index (χ1n) is 10.3. The van der Waals surface area contributed by atoms with Gasteiger partial charge in [-0.2, -0.15) is 0 Å². The molecule has 3 aromatic rings. The minimum absolute atomic E-state index is 0.0837. The maximum absolute atomic E-state index is 12.7. The van der Waals surface area contributed by atoms with Crippen LogP contribution in [0.1, 0.15) is 29.0 Å². The molecule has 0 atom stereocenters. The quantitative estimate of drug-likeness (QED) is 0.628. The number of hydrogen-bond donors (Lipinski definition) is 1. The second-order valence-corrected chi connectivity index (χ2v) is 9.71. The average molecular weight is 427 g/mol. The van der Waals surface area contributed by atoms with Gasteiger partial charge in [-0.3, -0.25) is 4.79 Å². The predicted octanol–water partition coefficient (Wildman–Crippen LogP) is 3.45. The third kappa shape index (κ3) is 5.09. The smallest absolute Gasteiger partial charge is 0.289 e. The van der Waals surface area contributed by atoms with Gasteiger partial charge < -0.3 is 9.32 Å². The van der Waals surface area contributed by atoms with Crippen LogP contribution in [0.3, 0.4) is 0 Å². The Labute approximate surface area is 176 Å². The lowest BCUT2D eigenvalue weighted by Crippen LogP contribution is -2.41. The zero-order chi connectivity index (χ0) is 21.0. The number of sulfonamides is 1. The molecule has 0 spiro atoms. The molecular weight excluding hydrogens is 400 g/mol. The summed E-state index contributed by atoms with van der Waals surface area (Å²) in [6.45, 7) is 1.63. The molecule has 4 rings (SSSR count). The van der Waals surface area contributed by atoms with Crippen LogP contribution in [0.2, 0.25) is 0 Å². The minimum Gasteiger partial charge on any atom is -0.451 e. The van der Waals surface area contributed by atoms with Crippen LogP contribution in [0.25, 0.3) is 11.0 Å². The van der Waals surface area contributed by atoms with Crippen LogP contribution in [0.15, 0.2) is 65.1 Å². The Hall–Kier alpha value is -2.64. The Morgan fingerprint density at radius 2 is 1.73 bits per heavy atom. The Bertz CT molecular complexity index is 1070. The molecule has 2 aromatic carbocycles. The third-order valence-corrected chi connectivity index (χ3v) is 6.98. The van der Waals surface area contributed by atoms with Crippen LogP contribution in [0.4, 0.5) is 0 Å². The van der Waals surface area contributed by atoms with E-state index in [0.717, 1.165) is 23.8 Å². The van der Waals surface area contributed by atoms with Crippen molar-refractivity contribution in [2.75, 3.05) is 25.4 Å². The largest absolute Gasteiger partial charge is 0.451 e. The van der Waals surface area contributed by atoms with Crippen LogP contribution in [0, 0.1) is 5.92 Å². The molecule has 30 heavy (non-hydrogen) atoms. The highest BCUT2D eigenvalue weighted by Gasteiger charge is 2.26. The molecule has 1 aliphatic heterocycles. The number of aryl methyl sites for hydroxylation is 1. The number of rotatable bonds is 7. The molecule has 1 aromatic heterocycles. The zero-order valence-corrected chi connectivity index (χ0v) is 17.6. The lowest BCUT2D eigenvalue weighted by Gasteiger charge is -2.31. The standard InChI is InChI=1S/C23H26N2O4S/c26-23(22-16-20-8-4-5-9-21(20)29-22)25-13-10-19(11-14-25)17-24-30(27,28)15-12-18-6-2-1-3-7-18/h1-9,16,19,24H,10-15,17H2. The second-order valence-electron chi connectivity index (χ2n) is 7.79. The number of likely N-dealkylation sites (tertiary alicyclic amines) is 1. The van der Waals surface area contributed by atoms with Crippen molar-refractivity contribution in [3.8, 4) is 0 Å². The second kappa shape index (κ2) is 9.02. The van der Waals surface area contributed by atoms with Gasteiger partial charge >= 0.3 is 0 Å². The summed E-state index contributed by atoms with van der Waals surface area (Å²) in [5.74, 6) is 0.570. The molecule has 0 bridgehead atoms. The highest BCUT2D eigenvalue weighted by atomic mass is 32.2. The predicted molar refractivity (Wildman–Crippen MR) is 117 cm³/mol. The molecule has 1 fully saturated rings. The van der Waals surface area contributed by atoms with Crippen LogP contribution in [-0.2, 0) is 16.4 Å². The van der Waals surface area contributed by atoms with Crippen molar-refractivity contribution in [1.29, 1.82) is 0 Å². The van der Waals surface area contributed by atoms with Crippen molar-refractivity contribution in [3.05, 3.63) is 72.0 Å². The van der Waals surface area contributed by atoms with Crippen LogP contribution in [-0.4, -0.2) is 44.6 Å². The summed E-state index contributed by atoms with van der Waals surface area (Å²) in [6.07, 6.45) is 2.04. The van der Waals surface area contributed by atoms with Gasteiger partial charge in [-0.15, -0.1) is 0 Å². The first-order valence-corrected chi connectivity index (χ1v) is 11.9. The molecule has 158 valence electrons. The highest BCUT2D eigenvalue weighted by molar-refractivity contribution is 7.89. The maximum Gasteiger partial charge on any atom is 0.289 e. The number of carbonyl (C=O) groups excluding carboxylic acids is 1. The summed E-state index contributed by atoms with van der Waals surface area (Å²) in [5.41, 5.74) is 1.72. The SMILES string of the molecule is O=C(c1cc2ccccc2o1)N1CCC(CNS(=O)(=O)CCc2ccccc2)CC1. The molecule has 1 amide bonds. The van der Waals surface area contributed by atoms with Gasteiger partial charge in [0, 0.05) is 25.0 Å². The molecule has 1 saturated heterocycles. The Kier molecular flexibility index (Phi) is 6.20. The molecule has 1 aliphatic rings. The molecule has 1 N–H and O–H groups in total. The van der Waals surface area contributed by atoms with E-state index in [0.29, 0.717) is 37.4 Å². The van der Waals surface area contributed by atoms with Crippen molar-refractivity contribution in [3.63, 3.8) is 0 Å². The lowest BCUT2D eigenvalue weighted by atomic mass is 9.97. The number of benzene rings is 2. The fourth-order valence-corrected chi connectivity index (χ4v) is 4.94. The molecule has 0 saturated carbocycles. The van der Waals surface area contributed by atoms with Gasteiger partial charge in [-0.25, -0.2) is 13.1 Å². The van der Waals surface area contributed by atoms with Gasteiger partial charge in [0.25, 0.3) is 5.91 Å². The molecule has 6 nitrogen and oxygen atoms in total. The number of fused-ring (bicyclic) bond motifs is 1. The van der Waals surface area contributed by atoms with Crippen molar-refractivity contribution in [1.82, 2.24) is 9.62 Å². The summed E-state index contributed by atoms with van der Waals surface area (Å²) < 4.78 is 33.0. The van der Waals surface area contributed by atoms with E-state index in [9.17, 15) is 13.2 Å². The number of piperidine rings is 1. The first-order chi connectivity index (χ1) is 14.5. The van der Waals surface area contributed by atoms with E-state index >= 15 is 0 Å². The van der Waals surface area contributed by atoms with Crippen LogP contribution in [0.5, 0.6) is 0 Å². The summed E-state index contributed by atoms with van der Waals surface area (Å²) in [7, 11) is -3.31. The maximum atomic E-state index is 12.7. The molecule has 7 heteroatoms. The molecule has 0 aliphatic carbocycles. The van der Waals surface area contributed by atoms with Gasteiger partial charge in [0.15, 0.2) is 5.76 Å². The van der Waals surface area contributed by atoms with E-state index in [1.807, 2.05) is 54.6 Å². The Balaban J connectivity index is 1.24. The van der Waals surface area contributed by atoms with Crippen molar-refractivity contribution in [2.24, 2.45) is 5.92 Å². The van der Waals surface area contributed by atoms with E-state index in [2.05, 4.69) is 4.72 Å². The van der Waals surface area contributed by atoms with Crippen molar-refractivity contribution >= 4 is 26.9 Å². The third-order valence-electron chi connectivity index (χ3n) is 5.63. The number of furan rings is 1. The normalized spacial score (nSPS) is 15.5. The molecule has 2 heterocycles. The fourth-order valence-electron chi connectivity index (χ4n) is 3.80. The zero-order valence-electron chi connectivity index (χ0n) is 16.8. The Morgan fingerprint density at radius 3 is 2.47 bits per heavy atom. The van der Waals surface area contributed by atoms with E-state index in [4.69, 9.17) is 4.42 Å². The molecule has 0 radical (unpaired) electrons. The summed E-state index contributed by atoms with van der Waals surface area (Å²) in [6, 6.07) is 19.0. The number of nitrogens with one attached hydrogen (secondary N) is 1. The van der Waals surface area contributed by atoms with Gasteiger partial charge in [0.2, 0.25) is 10.0 Å². The van der Waals surface area contributed by atoms with E-state index in [-0.39, 0.29) is 17.6 Å². The van der Waals surface area contributed by atoms with Gasteiger partial charge in [0.1, 0.15) is 5.58 Å². The molecular formula is C23H26N2O4S. The van der Waals surface area contributed by atoms with Gasteiger partial charge in [0.05, 0.1) is 5.75 Å². The van der Waals surface area contributed by atoms with Gasteiger partial charge in [-0.05, 0) is 42.9 Å². The van der Waals surface area contributed by atoms with Gasteiger partial charge in [-0.1, -0.05) is 48.5 Å². The minimum atomic E-state index is -3.31. The lowest BCUT2D eigenvalue weighted by molar-refractivity contribution is 0.0662. The fraction of sp³-hybridized carbons (Fsp3) is 0.348. The monoisotopic (exact) mass is 426 g/mol. The topological polar surface area (TPSA) is 79.6 Å². The molecule has 0 unspecified atom stereocenters. The summed E-state index contributed by atoms with van der Waals surface area (Å²) in [5, 5.41) is 0.917. The first kappa shape index (κ1) is 20.6. The number of amides is 1. The number of carbonyl (C=O) groups is 1. The van der Waals surface area contributed by atoms with E-state index in [1.54, 1.807) is 11.0 Å². The van der Waals surface area contributed by atoms with Crippen molar-refractivity contribution < 1.29 is 17.6 Å². The van der Waals surface area contributed by atoms with E-state index < -0.39 is 10.0 Å². The summed E-state index contributed by atoms with van der Waals surface area (Å²) >= 11 is 0. The van der Waals surface area contributed by atoms with Crippen molar-refractivity contribution in [2.45, 2.75) is 19.3 Å². The number of para-hydroxylation sites is 1. The number of hydrogen-bond acceptors (Lipinski definition) is 4.